The van der Waals surface area contributed by atoms with Crippen LogP contribution >= 0.6 is 0 Å². The molecule has 0 radical (unpaired) electrons. The molecule has 0 aliphatic rings. The molecule has 1 aromatic carbocycles. The molecular formula is C22H26N4O2. The number of unbranched alkanes of at least 4 members (excludes halogenated alkanes) is 2. The minimum absolute atomic E-state index is 0.221. The Bertz CT molecular complexity index is 987. The van der Waals surface area contributed by atoms with Gasteiger partial charge in [0.15, 0.2) is 5.69 Å². The van der Waals surface area contributed by atoms with E-state index in [0.717, 1.165) is 36.1 Å². The van der Waals surface area contributed by atoms with Gasteiger partial charge in [-0.05, 0) is 43.5 Å². The molecule has 0 aliphatic heterocycles. The molecular weight excluding hydrogens is 352 g/mol. The van der Waals surface area contributed by atoms with Crippen molar-refractivity contribution in [3.05, 3.63) is 65.2 Å². The number of aryl methyl sites for hydroxylation is 2. The minimum Gasteiger partial charge on any atom is -0.349 e. The summed E-state index contributed by atoms with van der Waals surface area (Å²) >= 11 is 0. The SMILES string of the molecule is CCCCCNC(=O)c1nc(C(=O)Nc2c(C)cccc2C)c2ccccn12. The number of pyridine rings is 1. The number of amides is 2. The van der Waals surface area contributed by atoms with Gasteiger partial charge < -0.3 is 10.6 Å². The number of anilines is 1. The van der Waals surface area contributed by atoms with Crippen molar-refractivity contribution in [2.75, 3.05) is 11.9 Å². The smallest absolute Gasteiger partial charge is 0.287 e. The Morgan fingerprint density at radius 2 is 1.75 bits per heavy atom. The van der Waals surface area contributed by atoms with Crippen LogP contribution in [0.4, 0.5) is 5.69 Å². The lowest BCUT2D eigenvalue weighted by Gasteiger charge is -2.10. The van der Waals surface area contributed by atoms with Gasteiger partial charge >= 0.3 is 0 Å². The molecule has 2 aromatic heterocycles. The van der Waals surface area contributed by atoms with Gasteiger partial charge in [0.2, 0.25) is 5.82 Å². The van der Waals surface area contributed by atoms with E-state index in [0.29, 0.717) is 12.1 Å². The molecule has 6 heteroatoms. The van der Waals surface area contributed by atoms with Gasteiger partial charge in [0.05, 0.1) is 5.52 Å². The second kappa shape index (κ2) is 8.69. The maximum absolute atomic E-state index is 12.9. The van der Waals surface area contributed by atoms with Gasteiger partial charge in [-0.3, -0.25) is 14.0 Å². The van der Waals surface area contributed by atoms with E-state index in [9.17, 15) is 9.59 Å². The van der Waals surface area contributed by atoms with Gasteiger partial charge in [-0.1, -0.05) is 44.0 Å². The number of imidazole rings is 1. The maximum atomic E-state index is 12.9. The van der Waals surface area contributed by atoms with Gasteiger partial charge in [0.25, 0.3) is 11.8 Å². The summed E-state index contributed by atoms with van der Waals surface area (Å²) in [6.07, 6.45) is 4.82. The predicted molar refractivity (Wildman–Crippen MR) is 111 cm³/mol. The lowest BCUT2D eigenvalue weighted by atomic mass is 10.1. The first kappa shape index (κ1) is 19.6. The Balaban J connectivity index is 1.89. The number of rotatable bonds is 7. The van der Waals surface area contributed by atoms with Gasteiger partial charge in [0, 0.05) is 18.4 Å². The number of carbonyl (C=O) groups is 2. The van der Waals surface area contributed by atoms with E-state index in [4.69, 9.17) is 0 Å². The summed E-state index contributed by atoms with van der Waals surface area (Å²) in [5, 5.41) is 5.84. The summed E-state index contributed by atoms with van der Waals surface area (Å²) in [4.78, 5) is 29.9. The molecule has 0 aliphatic carbocycles. The first-order chi connectivity index (χ1) is 13.5. The molecule has 2 amide bonds. The molecule has 0 saturated heterocycles. The molecule has 3 rings (SSSR count). The zero-order chi connectivity index (χ0) is 20.1. The fourth-order valence-corrected chi connectivity index (χ4v) is 3.21. The molecule has 3 aromatic rings. The Morgan fingerprint density at radius 1 is 1.00 bits per heavy atom. The van der Waals surface area contributed by atoms with Crippen molar-refractivity contribution in [2.45, 2.75) is 40.0 Å². The molecule has 146 valence electrons. The number of nitrogens with zero attached hydrogens (tertiary/aromatic N) is 2. The molecule has 0 atom stereocenters. The van der Waals surface area contributed by atoms with E-state index in [1.807, 2.05) is 44.2 Å². The Kier molecular flexibility index (Phi) is 6.09. The Labute approximate surface area is 165 Å². The van der Waals surface area contributed by atoms with Crippen molar-refractivity contribution >= 4 is 23.0 Å². The van der Waals surface area contributed by atoms with E-state index in [-0.39, 0.29) is 23.3 Å². The average Bonchev–Trinajstić information content (AvgIpc) is 3.08. The van der Waals surface area contributed by atoms with E-state index < -0.39 is 0 Å². The molecule has 0 saturated carbocycles. The molecule has 2 N–H and O–H groups in total. The van der Waals surface area contributed by atoms with Crippen molar-refractivity contribution in [2.24, 2.45) is 0 Å². The Hall–Kier alpha value is -3.15. The fraction of sp³-hybridized carbons (Fsp3) is 0.318. The highest BCUT2D eigenvalue weighted by Gasteiger charge is 2.22. The second-order valence-electron chi connectivity index (χ2n) is 6.92. The summed E-state index contributed by atoms with van der Waals surface area (Å²) in [5.41, 5.74) is 3.57. The normalized spacial score (nSPS) is 10.8. The number of carbonyl (C=O) groups excluding carboxylic acids is 2. The van der Waals surface area contributed by atoms with Crippen molar-refractivity contribution < 1.29 is 9.59 Å². The number of aromatic nitrogens is 2. The second-order valence-corrected chi connectivity index (χ2v) is 6.92. The van der Waals surface area contributed by atoms with Crippen molar-refractivity contribution in [1.82, 2.24) is 14.7 Å². The maximum Gasteiger partial charge on any atom is 0.287 e. The Morgan fingerprint density at radius 3 is 2.46 bits per heavy atom. The van der Waals surface area contributed by atoms with Gasteiger partial charge in [-0.25, -0.2) is 4.98 Å². The van der Waals surface area contributed by atoms with Crippen molar-refractivity contribution in [3.63, 3.8) is 0 Å². The van der Waals surface area contributed by atoms with E-state index in [1.54, 1.807) is 16.7 Å². The van der Waals surface area contributed by atoms with Gasteiger partial charge in [-0.2, -0.15) is 0 Å². The van der Waals surface area contributed by atoms with Crippen LogP contribution in [-0.4, -0.2) is 27.7 Å². The number of nitrogens with one attached hydrogen (secondary N) is 2. The quantitative estimate of drug-likeness (QED) is 0.607. The fourth-order valence-electron chi connectivity index (χ4n) is 3.21. The molecule has 2 heterocycles. The highest BCUT2D eigenvalue weighted by Crippen LogP contribution is 2.21. The largest absolute Gasteiger partial charge is 0.349 e. The topological polar surface area (TPSA) is 75.5 Å². The molecule has 0 unspecified atom stereocenters. The third kappa shape index (κ3) is 4.06. The van der Waals surface area contributed by atoms with Crippen LogP contribution in [0.3, 0.4) is 0 Å². The van der Waals surface area contributed by atoms with E-state index >= 15 is 0 Å². The standard InChI is InChI=1S/C22H26N4O2/c1-4-5-7-13-23-22(28)20-24-19(17-12-6-8-14-26(17)20)21(27)25-18-15(2)10-9-11-16(18)3/h6,8-12,14H,4-5,7,13H2,1-3H3,(H,23,28)(H,25,27). The van der Waals surface area contributed by atoms with Crippen LogP contribution in [0.25, 0.3) is 5.52 Å². The van der Waals surface area contributed by atoms with Crippen molar-refractivity contribution in [3.8, 4) is 0 Å². The summed E-state index contributed by atoms with van der Waals surface area (Å²) in [5.74, 6) is -0.381. The number of benzene rings is 1. The minimum atomic E-state index is -0.328. The monoisotopic (exact) mass is 378 g/mol. The third-order valence-electron chi connectivity index (χ3n) is 4.75. The zero-order valence-electron chi connectivity index (χ0n) is 16.6. The molecule has 0 spiro atoms. The summed E-state index contributed by atoms with van der Waals surface area (Å²) in [6, 6.07) is 11.3. The number of para-hydroxylation sites is 1. The van der Waals surface area contributed by atoms with Crippen LogP contribution in [0, 0.1) is 13.8 Å². The van der Waals surface area contributed by atoms with Gasteiger partial charge in [-0.15, -0.1) is 0 Å². The van der Waals surface area contributed by atoms with Crippen LogP contribution in [0.5, 0.6) is 0 Å². The summed E-state index contributed by atoms with van der Waals surface area (Å²) < 4.78 is 1.66. The van der Waals surface area contributed by atoms with E-state index in [2.05, 4.69) is 22.5 Å². The predicted octanol–water partition coefficient (Wildman–Crippen LogP) is 4.12. The van der Waals surface area contributed by atoms with Gasteiger partial charge in [0.1, 0.15) is 0 Å². The number of hydrogen-bond acceptors (Lipinski definition) is 3. The highest BCUT2D eigenvalue weighted by atomic mass is 16.2. The molecule has 0 fully saturated rings. The van der Waals surface area contributed by atoms with Crippen LogP contribution < -0.4 is 10.6 Å². The van der Waals surface area contributed by atoms with Crippen LogP contribution in [-0.2, 0) is 0 Å². The van der Waals surface area contributed by atoms with Crippen LogP contribution in [0.1, 0.15) is 58.4 Å². The van der Waals surface area contributed by atoms with Crippen LogP contribution in [0.15, 0.2) is 42.6 Å². The molecule has 0 bridgehead atoms. The third-order valence-corrected chi connectivity index (χ3v) is 4.75. The number of hydrogen-bond donors (Lipinski definition) is 2. The van der Waals surface area contributed by atoms with Crippen LogP contribution in [0.2, 0.25) is 0 Å². The average molecular weight is 378 g/mol. The number of fused-ring (bicyclic) bond motifs is 1. The summed E-state index contributed by atoms with van der Waals surface area (Å²) in [6.45, 7) is 6.61. The van der Waals surface area contributed by atoms with E-state index in [1.165, 1.54) is 0 Å². The van der Waals surface area contributed by atoms with Crippen molar-refractivity contribution in [1.29, 1.82) is 0 Å². The summed E-state index contributed by atoms with van der Waals surface area (Å²) in [7, 11) is 0. The molecule has 28 heavy (non-hydrogen) atoms. The molecule has 6 nitrogen and oxygen atoms in total. The lowest BCUT2D eigenvalue weighted by molar-refractivity contribution is 0.0942. The first-order valence-electron chi connectivity index (χ1n) is 9.65. The lowest BCUT2D eigenvalue weighted by Crippen LogP contribution is -2.26. The zero-order valence-corrected chi connectivity index (χ0v) is 16.6. The highest BCUT2D eigenvalue weighted by molar-refractivity contribution is 6.09. The first-order valence-corrected chi connectivity index (χ1v) is 9.65.